The number of hydrogen-bond acceptors (Lipinski definition) is 3. The molecule has 0 fully saturated rings. The minimum absolute atomic E-state index is 0.0272. The zero-order chi connectivity index (χ0) is 14.1. The Hall–Kier alpha value is -2.49. The van der Waals surface area contributed by atoms with Gasteiger partial charge in [-0.05, 0) is 24.3 Å². The Bertz CT molecular complexity index is 760. The molecule has 0 atom stereocenters. The van der Waals surface area contributed by atoms with Crippen LogP contribution in [-0.4, -0.2) is 20.4 Å². The third-order valence-electron chi connectivity index (χ3n) is 3.17. The second kappa shape index (κ2) is 4.89. The summed E-state index contributed by atoms with van der Waals surface area (Å²) in [5.74, 6) is 0.528. The van der Waals surface area contributed by atoms with E-state index >= 15 is 0 Å². The predicted octanol–water partition coefficient (Wildman–Crippen LogP) is 3.39. The fourth-order valence-corrected chi connectivity index (χ4v) is 2.17. The fraction of sp³-hybridized carbons (Fsp3) is 0.188. The highest BCUT2D eigenvalue weighted by molar-refractivity contribution is 5.95. The standard InChI is InChI=1S/C16H15N3O/c1-11(2)16(20)19-14-9-4-3-7-12(14)18-15(19)13-8-5-6-10-17-13/h3-11H,1-2H3. The lowest BCUT2D eigenvalue weighted by Gasteiger charge is -2.09. The quantitative estimate of drug-likeness (QED) is 0.713. The fourth-order valence-electron chi connectivity index (χ4n) is 2.17. The number of para-hydroxylation sites is 2. The molecule has 0 unspecified atom stereocenters. The van der Waals surface area contributed by atoms with E-state index < -0.39 is 0 Å². The third kappa shape index (κ3) is 1.99. The van der Waals surface area contributed by atoms with Crippen LogP contribution >= 0.6 is 0 Å². The zero-order valence-corrected chi connectivity index (χ0v) is 11.4. The van der Waals surface area contributed by atoms with Crippen LogP contribution in [0.4, 0.5) is 0 Å². The molecule has 0 spiro atoms. The van der Waals surface area contributed by atoms with Crippen LogP contribution in [0, 0.1) is 5.92 Å². The van der Waals surface area contributed by atoms with Crippen LogP contribution in [-0.2, 0) is 0 Å². The maximum Gasteiger partial charge on any atom is 0.235 e. The number of nitrogens with zero attached hydrogens (tertiary/aromatic N) is 3. The van der Waals surface area contributed by atoms with Gasteiger partial charge in [0.2, 0.25) is 5.91 Å². The molecule has 0 aliphatic heterocycles. The molecule has 0 amide bonds. The number of hydrogen-bond donors (Lipinski definition) is 0. The van der Waals surface area contributed by atoms with Gasteiger partial charge in [-0.3, -0.25) is 14.3 Å². The maximum atomic E-state index is 12.5. The summed E-state index contributed by atoms with van der Waals surface area (Å²) < 4.78 is 1.67. The van der Waals surface area contributed by atoms with Crippen LogP contribution < -0.4 is 0 Å². The van der Waals surface area contributed by atoms with Crippen LogP contribution in [0.5, 0.6) is 0 Å². The van der Waals surface area contributed by atoms with E-state index in [4.69, 9.17) is 0 Å². The monoisotopic (exact) mass is 265 g/mol. The number of fused-ring (bicyclic) bond motifs is 1. The topological polar surface area (TPSA) is 47.8 Å². The van der Waals surface area contributed by atoms with E-state index in [2.05, 4.69) is 9.97 Å². The second-order valence-electron chi connectivity index (χ2n) is 4.97. The number of benzene rings is 1. The maximum absolute atomic E-state index is 12.5. The predicted molar refractivity (Wildman–Crippen MR) is 78.4 cm³/mol. The van der Waals surface area contributed by atoms with Crippen molar-refractivity contribution in [2.45, 2.75) is 13.8 Å². The molecule has 100 valence electrons. The number of rotatable bonds is 2. The SMILES string of the molecule is CC(C)C(=O)n1c(-c2ccccn2)nc2ccccc21. The molecule has 0 saturated heterocycles. The van der Waals surface area contributed by atoms with Gasteiger partial charge in [-0.2, -0.15) is 0 Å². The molecule has 1 aromatic carbocycles. The third-order valence-corrected chi connectivity index (χ3v) is 3.17. The minimum Gasteiger partial charge on any atom is -0.274 e. The van der Waals surface area contributed by atoms with Gasteiger partial charge in [-0.25, -0.2) is 4.98 Å². The van der Waals surface area contributed by atoms with Crippen molar-refractivity contribution in [3.63, 3.8) is 0 Å². The Morgan fingerprint density at radius 2 is 1.85 bits per heavy atom. The average Bonchev–Trinajstić information content (AvgIpc) is 2.86. The van der Waals surface area contributed by atoms with Gasteiger partial charge in [0.05, 0.1) is 11.0 Å². The Morgan fingerprint density at radius 3 is 2.55 bits per heavy atom. The van der Waals surface area contributed by atoms with Crippen molar-refractivity contribution in [3.05, 3.63) is 48.7 Å². The normalized spacial score (nSPS) is 11.2. The first-order valence-electron chi connectivity index (χ1n) is 6.61. The number of aromatic nitrogens is 3. The Morgan fingerprint density at radius 1 is 1.10 bits per heavy atom. The molecule has 0 saturated carbocycles. The molecule has 4 nitrogen and oxygen atoms in total. The molecule has 0 radical (unpaired) electrons. The van der Waals surface area contributed by atoms with Crippen molar-refractivity contribution in [1.29, 1.82) is 0 Å². The van der Waals surface area contributed by atoms with Gasteiger partial charge >= 0.3 is 0 Å². The summed E-state index contributed by atoms with van der Waals surface area (Å²) in [7, 11) is 0. The first-order chi connectivity index (χ1) is 9.68. The molecule has 20 heavy (non-hydrogen) atoms. The first kappa shape index (κ1) is 12.5. The summed E-state index contributed by atoms with van der Waals surface area (Å²) >= 11 is 0. The van der Waals surface area contributed by atoms with Gasteiger partial charge in [0, 0.05) is 12.1 Å². The lowest BCUT2D eigenvalue weighted by molar-refractivity contribution is 0.0862. The van der Waals surface area contributed by atoms with Gasteiger partial charge < -0.3 is 0 Å². The van der Waals surface area contributed by atoms with E-state index in [1.165, 1.54) is 0 Å². The second-order valence-corrected chi connectivity index (χ2v) is 4.97. The van der Waals surface area contributed by atoms with Crippen LogP contribution in [0.1, 0.15) is 18.6 Å². The summed E-state index contributed by atoms with van der Waals surface area (Å²) in [6.45, 7) is 3.78. The summed E-state index contributed by atoms with van der Waals surface area (Å²) in [5, 5.41) is 0. The van der Waals surface area contributed by atoms with E-state index in [-0.39, 0.29) is 11.8 Å². The van der Waals surface area contributed by atoms with Crippen LogP contribution in [0.2, 0.25) is 0 Å². The summed E-state index contributed by atoms with van der Waals surface area (Å²) in [6, 6.07) is 13.3. The molecule has 3 aromatic rings. The smallest absolute Gasteiger partial charge is 0.235 e. The van der Waals surface area contributed by atoms with Crippen molar-refractivity contribution < 1.29 is 4.79 Å². The molecule has 3 rings (SSSR count). The van der Waals surface area contributed by atoms with E-state index in [1.807, 2.05) is 56.3 Å². The summed E-state index contributed by atoms with van der Waals surface area (Å²) in [5.41, 5.74) is 2.34. The van der Waals surface area contributed by atoms with Gasteiger partial charge in [0.25, 0.3) is 0 Å². The molecule has 4 heteroatoms. The van der Waals surface area contributed by atoms with Gasteiger partial charge in [-0.1, -0.05) is 32.0 Å². The van der Waals surface area contributed by atoms with Crippen molar-refractivity contribution in [2.24, 2.45) is 5.92 Å². The summed E-state index contributed by atoms with van der Waals surface area (Å²) in [4.78, 5) is 21.4. The Balaban J connectivity index is 2.31. The van der Waals surface area contributed by atoms with E-state index in [1.54, 1.807) is 10.8 Å². The first-order valence-corrected chi connectivity index (χ1v) is 6.61. The van der Waals surface area contributed by atoms with Crippen molar-refractivity contribution >= 4 is 16.9 Å². The Labute approximate surface area is 117 Å². The molecular weight excluding hydrogens is 250 g/mol. The van der Waals surface area contributed by atoms with Crippen molar-refractivity contribution in [1.82, 2.24) is 14.5 Å². The van der Waals surface area contributed by atoms with E-state index in [0.717, 1.165) is 11.0 Å². The molecule has 2 aromatic heterocycles. The molecule has 0 aliphatic carbocycles. The van der Waals surface area contributed by atoms with Crippen molar-refractivity contribution in [3.8, 4) is 11.5 Å². The van der Waals surface area contributed by atoms with E-state index in [9.17, 15) is 4.79 Å². The number of pyridine rings is 1. The lowest BCUT2D eigenvalue weighted by atomic mass is 10.2. The van der Waals surface area contributed by atoms with E-state index in [0.29, 0.717) is 11.5 Å². The Kier molecular flexibility index (Phi) is 3.06. The van der Waals surface area contributed by atoms with Gasteiger partial charge in [0.1, 0.15) is 5.69 Å². The number of carbonyl (C=O) groups excluding carboxylic acids is 1. The van der Waals surface area contributed by atoms with Gasteiger partial charge in [0.15, 0.2) is 5.82 Å². The molecule has 0 bridgehead atoms. The summed E-state index contributed by atoms with van der Waals surface area (Å²) in [6.07, 6.45) is 1.71. The molecule has 2 heterocycles. The highest BCUT2D eigenvalue weighted by Crippen LogP contribution is 2.24. The molecule has 0 N–H and O–H groups in total. The number of carbonyl (C=O) groups is 1. The lowest BCUT2D eigenvalue weighted by Crippen LogP contribution is -2.18. The van der Waals surface area contributed by atoms with Crippen LogP contribution in [0.3, 0.4) is 0 Å². The molecular formula is C16H15N3O. The zero-order valence-electron chi connectivity index (χ0n) is 11.4. The van der Waals surface area contributed by atoms with Crippen LogP contribution in [0.15, 0.2) is 48.7 Å². The van der Waals surface area contributed by atoms with Gasteiger partial charge in [-0.15, -0.1) is 0 Å². The van der Waals surface area contributed by atoms with Crippen molar-refractivity contribution in [2.75, 3.05) is 0 Å². The minimum atomic E-state index is -0.102. The number of imidazole rings is 1. The average molecular weight is 265 g/mol. The highest BCUT2D eigenvalue weighted by atomic mass is 16.2. The highest BCUT2D eigenvalue weighted by Gasteiger charge is 2.20. The van der Waals surface area contributed by atoms with Crippen LogP contribution in [0.25, 0.3) is 22.6 Å². The molecule has 0 aliphatic rings. The largest absolute Gasteiger partial charge is 0.274 e.